The van der Waals surface area contributed by atoms with Gasteiger partial charge >= 0.3 is 0 Å². The second-order valence-electron chi connectivity index (χ2n) is 8.06. The van der Waals surface area contributed by atoms with Gasteiger partial charge in [0.25, 0.3) is 0 Å². The molecule has 0 aromatic carbocycles. The Kier molecular flexibility index (Phi) is 5.33. The molecule has 8 nitrogen and oxygen atoms in total. The molecule has 1 aliphatic heterocycles. The highest BCUT2D eigenvalue weighted by atomic mass is 16.5. The minimum Gasteiger partial charge on any atom is -0.378 e. The van der Waals surface area contributed by atoms with E-state index in [-0.39, 0.29) is 11.8 Å². The zero-order chi connectivity index (χ0) is 22.1. The largest absolute Gasteiger partial charge is 0.378 e. The van der Waals surface area contributed by atoms with Crippen molar-refractivity contribution in [2.24, 2.45) is 5.92 Å². The number of pyridine rings is 3. The van der Waals surface area contributed by atoms with E-state index in [9.17, 15) is 4.79 Å². The van der Waals surface area contributed by atoms with Crippen molar-refractivity contribution in [1.29, 1.82) is 0 Å². The van der Waals surface area contributed by atoms with E-state index in [0.29, 0.717) is 23.4 Å². The molecule has 5 rings (SSSR count). The fourth-order valence-electron chi connectivity index (χ4n) is 3.65. The molecule has 0 spiro atoms. The molecule has 8 heteroatoms. The maximum Gasteiger partial charge on any atom is 0.228 e. The molecule has 2 aliphatic rings. The van der Waals surface area contributed by atoms with Crippen molar-refractivity contribution in [3.8, 4) is 11.8 Å². The lowest BCUT2D eigenvalue weighted by atomic mass is 10.1. The summed E-state index contributed by atoms with van der Waals surface area (Å²) in [5.41, 5.74) is 2.50. The van der Waals surface area contributed by atoms with Crippen LogP contribution in [-0.4, -0.2) is 54.2 Å². The topological polar surface area (TPSA) is 92.3 Å². The van der Waals surface area contributed by atoms with Crippen LogP contribution in [-0.2, 0) is 9.53 Å². The molecule has 0 atom stereocenters. The van der Waals surface area contributed by atoms with Crippen LogP contribution in [0.1, 0.15) is 24.1 Å². The Morgan fingerprint density at radius 3 is 2.62 bits per heavy atom. The van der Waals surface area contributed by atoms with Crippen molar-refractivity contribution in [3.05, 3.63) is 48.0 Å². The summed E-state index contributed by atoms with van der Waals surface area (Å²) in [5, 5.41) is 7.71. The lowest BCUT2D eigenvalue weighted by Gasteiger charge is -2.39. The summed E-state index contributed by atoms with van der Waals surface area (Å²) in [6.07, 6.45) is 7.47. The van der Waals surface area contributed by atoms with E-state index >= 15 is 0 Å². The number of anilines is 3. The number of amides is 1. The molecule has 2 N–H and O–H groups in total. The van der Waals surface area contributed by atoms with E-state index in [1.54, 1.807) is 19.5 Å². The van der Waals surface area contributed by atoms with Crippen LogP contribution in [0.5, 0.6) is 0 Å². The highest BCUT2D eigenvalue weighted by Gasteiger charge is 2.30. The summed E-state index contributed by atoms with van der Waals surface area (Å²) >= 11 is 0. The Hall–Kier alpha value is -3.70. The standard InChI is InChI=1S/C24H24N6O2/c1-25-23-21-12-27-22(29-24(31)15-3-4-15)9-20(21)16(10-28-23)5-6-17-7-8-18(11-26-17)30-13-19(14-30)32-2/h7-12,15,19H,3-4,13-14H2,1-2H3,(H,25,28)(H,27,29,31). The number of nitrogens with one attached hydrogen (secondary N) is 2. The number of aromatic nitrogens is 3. The molecule has 0 bridgehead atoms. The number of ether oxygens (including phenoxy) is 1. The Morgan fingerprint density at radius 1 is 1.09 bits per heavy atom. The highest BCUT2D eigenvalue weighted by Crippen LogP contribution is 2.31. The van der Waals surface area contributed by atoms with Crippen LogP contribution in [0.25, 0.3) is 10.8 Å². The summed E-state index contributed by atoms with van der Waals surface area (Å²) in [7, 11) is 3.55. The number of carbonyl (C=O) groups excluding carboxylic acids is 1. The second kappa shape index (κ2) is 8.44. The van der Waals surface area contributed by atoms with E-state index < -0.39 is 0 Å². The second-order valence-corrected chi connectivity index (χ2v) is 8.06. The van der Waals surface area contributed by atoms with E-state index in [2.05, 4.69) is 42.3 Å². The van der Waals surface area contributed by atoms with E-state index in [0.717, 1.165) is 48.0 Å². The van der Waals surface area contributed by atoms with Crippen molar-refractivity contribution >= 4 is 34.0 Å². The number of methoxy groups -OCH3 is 1. The summed E-state index contributed by atoms with van der Waals surface area (Å²) in [5.74, 6) is 7.69. The van der Waals surface area contributed by atoms with Gasteiger partial charge < -0.3 is 20.3 Å². The maximum atomic E-state index is 12.1. The molecule has 1 aliphatic carbocycles. The third-order valence-corrected chi connectivity index (χ3v) is 5.83. The molecular weight excluding hydrogens is 404 g/mol. The zero-order valence-electron chi connectivity index (χ0n) is 18.1. The quantitative estimate of drug-likeness (QED) is 0.604. The van der Waals surface area contributed by atoms with Crippen LogP contribution in [0.15, 0.2) is 36.8 Å². The molecule has 4 heterocycles. The third kappa shape index (κ3) is 4.07. The van der Waals surface area contributed by atoms with E-state index in [1.807, 2.05) is 31.4 Å². The van der Waals surface area contributed by atoms with Gasteiger partial charge in [-0.05, 0) is 37.0 Å². The first-order chi connectivity index (χ1) is 15.6. The van der Waals surface area contributed by atoms with Crippen LogP contribution in [0.4, 0.5) is 17.3 Å². The SMILES string of the molecule is CNc1ncc(C#Cc2ccc(N3CC(OC)C3)cn2)c2cc(NC(=O)C3CC3)ncc12. The minimum atomic E-state index is 0.0238. The van der Waals surface area contributed by atoms with Gasteiger partial charge in [-0.2, -0.15) is 0 Å². The van der Waals surface area contributed by atoms with Crippen LogP contribution >= 0.6 is 0 Å². The first kappa shape index (κ1) is 20.2. The number of fused-ring (bicyclic) bond motifs is 1. The van der Waals surface area contributed by atoms with Gasteiger partial charge in [-0.25, -0.2) is 15.0 Å². The Morgan fingerprint density at radius 2 is 1.94 bits per heavy atom. The van der Waals surface area contributed by atoms with Gasteiger partial charge in [0.1, 0.15) is 17.3 Å². The van der Waals surface area contributed by atoms with Crippen LogP contribution in [0.2, 0.25) is 0 Å². The Labute approximate surface area is 186 Å². The minimum absolute atomic E-state index is 0.0238. The van der Waals surface area contributed by atoms with Crippen LogP contribution < -0.4 is 15.5 Å². The number of hydrogen-bond donors (Lipinski definition) is 2. The fourth-order valence-corrected chi connectivity index (χ4v) is 3.65. The molecular formula is C24H24N6O2. The van der Waals surface area contributed by atoms with Crippen molar-refractivity contribution in [1.82, 2.24) is 15.0 Å². The first-order valence-corrected chi connectivity index (χ1v) is 10.7. The van der Waals surface area contributed by atoms with Gasteiger partial charge in [0.15, 0.2) is 0 Å². The van der Waals surface area contributed by atoms with Crippen molar-refractivity contribution in [2.75, 3.05) is 42.8 Å². The predicted octanol–water partition coefficient (Wildman–Crippen LogP) is 2.65. The normalized spacial score (nSPS) is 15.6. The molecule has 32 heavy (non-hydrogen) atoms. The van der Waals surface area contributed by atoms with E-state index in [1.165, 1.54) is 0 Å². The predicted molar refractivity (Wildman–Crippen MR) is 124 cm³/mol. The lowest BCUT2D eigenvalue weighted by Crippen LogP contribution is -2.51. The van der Waals surface area contributed by atoms with Gasteiger partial charge in [0.2, 0.25) is 5.91 Å². The Bertz CT molecular complexity index is 1220. The van der Waals surface area contributed by atoms with Crippen molar-refractivity contribution in [3.63, 3.8) is 0 Å². The number of carbonyl (C=O) groups is 1. The maximum absolute atomic E-state index is 12.1. The van der Waals surface area contributed by atoms with Crippen molar-refractivity contribution < 1.29 is 9.53 Å². The summed E-state index contributed by atoms with van der Waals surface area (Å²) in [6, 6.07) is 5.80. The fraction of sp³-hybridized carbons (Fsp3) is 0.333. The van der Waals surface area contributed by atoms with E-state index in [4.69, 9.17) is 4.74 Å². The Balaban J connectivity index is 1.41. The molecule has 1 saturated carbocycles. The highest BCUT2D eigenvalue weighted by molar-refractivity contribution is 5.99. The number of nitrogens with zero attached hydrogens (tertiary/aromatic N) is 4. The molecule has 0 radical (unpaired) electrons. The lowest BCUT2D eigenvalue weighted by molar-refractivity contribution is -0.117. The monoisotopic (exact) mass is 428 g/mol. The average molecular weight is 428 g/mol. The molecule has 1 saturated heterocycles. The van der Waals surface area contributed by atoms with Gasteiger partial charge in [0.05, 0.1) is 23.6 Å². The molecule has 3 aromatic heterocycles. The molecule has 1 amide bonds. The summed E-state index contributed by atoms with van der Waals surface area (Å²) in [4.78, 5) is 27.7. The summed E-state index contributed by atoms with van der Waals surface area (Å²) < 4.78 is 5.32. The molecule has 3 aromatic rings. The third-order valence-electron chi connectivity index (χ3n) is 5.83. The first-order valence-electron chi connectivity index (χ1n) is 10.7. The summed E-state index contributed by atoms with van der Waals surface area (Å²) in [6.45, 7) is 1.76. The van der Waals surface area contributed by atoms with Gasteiger partial charge in [-0.1, -0.05) is 5.92 Å². The molecule has 2 fully saturated rings. The zero-order valence-corrected chi connectivity index (χ0v) is 18.1. The van der Waals surface area contributed by atoms with Crippen LogP contribution in [0.3, 0.4) is 0 Å². The number of hydrogen-bond acceptors (Lipinski definition) is 7. The molecule has 162 valence electrons. The van der Waals surface area contributed by atoms with Crippen LogP contribution in [0, 0.1) is 17.8 Å². The average Bonchev–Trinajstić information content (AvgIpc) is 3.63. The van der Waals surface area contributed by atoms with Gasteiger partial charge in [0, 0.05) is 56.3 Å². The van der Waals surface area contributed by atoms with Gasteiger partial charge in [-0.15, -0.1) is 0 Å². The number of rotatable bonds is 5. The smallest absolute Gasteiger partial charge is 0.228 e. The van der Waals surface area contributed by atoms with Crippen molar-refractivity contribution in [2.45, 2.75) is 18.9 Å². The molecule has 0 unspecified atom stereocenters. The van der Waals surface area contributed by atoms with Gasteiger partial charge in [-0.3, -0.25) is 4.79 Å².